The van der Waals surface area contributed by atoms with E-state index in [9.17, 15) is 9.18 Å². The maximum absolute atomic E-state index is 12.9. The van der Waals surface area contributed by atoms with Crippen LogP contribution in [0.1, 0.15) is 0 Å². The zero-order valence-electron chi connectivity index (χ0n) is 10.7. The van der Waals surface area contributed by atoms with E-state index in [-0.39, 0.29) is 11.5 Å². The van der Waals surface area contributed by atoms with Gasteiger partial charge in [-0.05, 0) is 36.4 Å². The first-order chi connectivity index (χ1) is 10.2. The van der Waals surface area contributed by atoms with E-state index in [0.717, 1.165) is 0 Å². The molecule has 7 heteroatoms. The van der Waals surface area contributed by atoms with E-state index in [1.165, 1.54) is 18.3 Å². The van der Waals surface area contributed by atoms with Gasteiger partial charge in [-0.2, -0.15) is 0 Å². The Labute approximate surface area is 118 Å². The van der Waals surface area contributed by atoms with Gasteiger partial charge in [0, 0.05) is 11.8 Å². The van der Waals surface area contributed by atoms with Gasteiger partial charge in [0.2, 0.25) is 0 Å². The fraction of sp³-hybridized carbons (Fsp3) is 0. The summed E-state index contributed by atoms with van der Waals surface area (Å²) in [7, 11) is 0. The number of pyridine rings is 1. The van der Waals surface area contributed by atoms with Crippen LogP contribution in [0.5, 0.6) is 0 Å². The maximum Gasteiger partial charge on any atom is 0.292 e. The number of azo groups is 1. The summed E-state index contributed by atoms with van der Waals surface area (Å²) in [5, 5.41) is 13.1. The Bertz CT molecular complexity index is 821. The molecule has 2 heterocycles. The molecule has 3 aromatic rings. The predicted molar refractivity (Wildman–Crippen MR) is 75.2 cm³/mol. The lowest BCUT2D eigenvalue weighted by atomic mass is 10.1. The number of rotatable bonds is 3. The Morgan fingerprint density at radius 2 is 1.86 bits per heavy atom. The third kappa shape index (κ3) is 2.76. The highest BCUT2D eigenvalue weighted by atomic mass is 19.1. The van der Waals surface area contributed by atoms with Crippen LogP contribution in [0.25, 0.3) is 11.3 Å². The summed E-state index contributed by atoms with van der Waals surface area (Å²) in [6.45, 7) is 0. The zero-order chi connectivity index (χ0) is 14.7. The third-order valence-electron chi connectivity index (χ3n) is 2.80. The largest absolute Gasteiger partial charge is 0.295 e. The van der Waals surface area contributed by atoms with Gasteiger partial charge in [0.1, 0.15) is 11.5 Å². The minimum Gasteiger partial charge on any atom is -0.295 e. The average Bonchev–Trinajstić information content (AvgIpc) is 2.88. The van der Waals surface area contributed by atoms with Crippen LogP contribution >= 0.6 is 0 Å². The maximum atomic E-state index is 12.9. The second-order valence-corrected chi connectivity index (χ2v) is 4.22. The fourth-order valence-electron chi connectivity index (χ4n) is 1.79. The topological polar surface area (TPSA) is 86.3 Å². The molecule has 0 spiro atoms. The van der Waals surface area contributed by atoms with Crippen molar-refractivity contribution in [3.63, 3.8) is 0 Å². The molecule has 0 bridgehead atoms. The van der Waals surface area contributed by atoms with Crippen molar-refractivity contribution in [2.24, 2.45) is 10.2 Å². The predicted octanol–water partition coefficient (Wildman–Crippen LogP) is 3.32. The average molecular weight is 283 g/mol. The van der Waals surface area contributed by atoms with Crippen molar-refractivity contribution in [2.45, 2.75) is 0 Å². The van der Waals surface area contributed by atoms with Crippen LogP contribution in [0.3, 0.4) is 0 Å². The van der Waals surface area contributed by atoms with Gasteiger partial charge in [-0.25, -0.2) is 4.39 Å². The van der Waals surface area contributed by atoms with Crippen molar-refractivity contribution >= 4 is 11.4 Å². The number of aromatic nitrogens is 3. The lowest BCUT2D eigenvalue weighted by molar-refractivity contribution is 0.628. The first-order valence-corrected chi connectivity index (χ1v) is 6.12. The smallest absolute Gasteiger partial charge is 0.292 e. The number of aromatic amines is 2. The lowest BCUT2D eigenvalue weighted by Gasteiger charge is -1.98. The highest BCUT2D eigenvalue weighted by molar-refractivity contribution is 5.71. The molecule has 0 saturated heterocycles. The number of hydrogen-bond acceptors (Lipinski definition) is 4. The molecule has 0 fully saturated rings. The highest BCUT2D eigenvalue weighted by Gasteiger charge is 2.11. The number of nitrogens with one attached hydrogen (secondary N) is 2. The number of hydrogen-bond donors (Lipinski definition) is 2. The van der Waals surface area contributed by atoms with Crippen LogP contribution in [-0.2, 0) is 0 Å². The molecular weight excluding hydrogens is 273 g/mol. The molecule has 0 atom stereocenters. The van der Waals surface area contributed by atoms with Gasteiger partial charge in [-0.1, -0.05) is 0 Å². The Kier molecular flexibility index (Phi) is 3.38. The Balaban J connectivity index is 2.00. The molecule has 2 aromatic heterocycles. The SMILES string of the molecule is O=c1[nH][nH]c(-c2ccc(F)cc2)c1N=Nc1cccnc1. The summed E-state index contributed by atoms with van der Waals surface area (Å²) >= 11 is 0. The summed E-state index contributed by atoms with van der Waals surface area (Å²) in [6.07, 6.45) is 3.15. The molecule has 1 aromatic carbocycles. The van der Waals surface area contributed by atoms with Gasteiger partial charge in [-0.3, -0.25) is 20.0 Å². The summed E-state index contributed by atoms with van der Waals surface area (Å²) < 4.78 is 12.9. The molecule has 6 nitrogen and oxygen atoms in total. The summed E-state index contributed by atoms with van der Waals surface area (Å²) in [4.78, 5) is 15.7. The van der Waals surface area contributed by atoms with Gasteiger partial charge < -0.3 is 0 Å². The Morgan fingerprint density at radius 1 is 1.05 bits per heavy atom. The molecule has 2 N–H and O–H groups in total. The number of benzene rings is 1. The van der Waals surface area contributed by atoms with E-state index in [4.69, 9.17) is 0 Å². The minimum absolute atomic E-state index is 0.130. The van der Waals surface area contributed by atoms with Crippen molar-refractivity contribution in [3.05, 3.63) is 65.0 Å². The zero-order valence-corrected chi connectivity index (χ0v) is 10.7. The monoisotopic (exact) mass is 283 g/mol. The van der Waals surface area contributed by atoms with Crippen LogP contribution in [0.15, 0.2) is 63.8 Å². The van der Waals surface area contributed by atoms with Crippen LogP contribution in [-0.4, -0.2) is 15.2 Å². The molecule has 104 valence electrons. The van der Waals surface area contributed by atoms with Gasteiger partial charge in [0.25, 0.3) is 5.56 Å². The molecule has 0 radical (unpaired) electrons. The van der Waals surface area contributed by atoms with E-state index < -0.39 is 5.56 Å². The molecule has 0 amide bonds. The van der Waals surface area contributed by atoms with Crippen LogP contribution in [0.4, 0.5) is 15.8 Å². The second-order valence-electron chi connectivity index (χ2n) is 4.22. The van der Waals surface area contributed by atoms with E-state index in [0.29, 0.717) is 16.9 Å². The molecule has 3 rings (SSSR count). The van der Waals surface area contributed by atoms with Gasteiger partial charge >= 0.3 is 0 Å². The molecule has 0 aliphatic rings. The van der Waals surface area contributed by atoms with Crippen LogP contribution in [0.2, 0.25) is 0 Å². The summed E-state index contributed by atoms with van der Waals surface area (Å²) in [5.41, 5.74) is 1.35. The van der Waals surface area contributed by atoms with Crippen LogP contribution < -0.4 is 5.56 Å². The minimum atomic E-state index is -0.401. The quantitative estimate of drug-likeness (QED) is 0.722. The summed E-state index contributed by atoms with van der Waals surface area (Å²) in [6, 6.07) is 9.16. The van der Waals surface area contributed by atoms with E-state index in [2.05, 4.69) is 25.4 Å². The van der Waals surface area contributed by atoms with Crippen molar-refractivity contribution < 1.29 is 4.39 Å². The number of H-pyrrole nitrogens is 2. The highest BCUT2D eigenvalue weighted by Crippen LogP contribution is 2.26. The van der Waals surface area contributed by atoms with Crippen molar-refractivity contribution in [1.29, 1.82) is 0 Å². The molecular formula is C14H10FN5O. The van der Waals surface area contributed by atoms with E-state index in [1.54, 1.807) is 30.5 Å². The lowest BCUT2D eigenvalue weighted by Crippen LogP contribution is -1.96. The molecule has 21 heavy (non-hydrogen) atoms. The first-order valence-electron chi connectivity index (χ1n) is 6.12. The Hall–Kier alpha value is -3.09. The van der Waals surface area contributed by atoms with Crippen molar-refractivity contribution in [3.8, 4) is 11.3 Å². The van der Waals surface area contributed by atoms with Gasteiger partial charge in [-0.15, -0.1) is 10.2 Å². The summed E-state index contributed by atoms with van der Waals surface area (Å²) in [5.74, 6) is -0.352. The Morgan fingerprint density at radius 3 is 2.57 bits per heavy atom. The van der Waals surface area contributed by atoms with Crippen molar-refractivity contribution in [1.82, 2.24) is 15.2 Å². The first kappa shape index (κ1) is 12.9. The van der Waals surface area contributed by atoms with Gasteiger partial charge in [0.15, 0.2) is 5.69 Å². The molecule has 0 aliphatic heterocycles. The molecule has 0 aliphatic carbocycles. The molecule has 0 saturated carbocycles. The third-order valence-corrected chi connectivity index (χ3v) is 2.80. The second kappa shape index (κ2) is 5.49. The normalized spacial score (nSPS) is 11.1. The number of halogens is 1. The molecule has 0 unspecified atom stereocenters. The van der Waals surface area contributed by atoms with Gasteiger partial charge in [0.05, 0.1) is 11.9 Å². The van der Waals surface area contributed by atoms with Crippen molar-refractivity contribution in [2.75, 3.05) is 0 Å². The van der Waals surface area contributed by atoms with E-state index in [1.807, 2.05) is 0 Å². The number of nitrogens with zero attached hydrogens (tertiary/aromatic N) is 3. The van der Waals surface area contributed by atoms with E-state index >= 15 is 0 Å². The fourth-order valence-corrected chi connectivity index (χ4v) is 1.79. The van der Waals surface area contributed by atoms with Crippen LogP contribution in [0, 0.1) is 5.82 Å². The standard InChI is InChI=1S/C14H10FN5O/c15-10-5-3-9(4-6-10)12-13(14(21)20-18-12)19-17-11-2-1-7-16-8-11/h1-8H,(H2,18,20,21).